The fourth-order valence-electron chi connectivity index (χ4n) is 6.73. The SMILES string of the molecule is COCCOCCOCCOCCOCCOCCOCCOCCC(=O)NC[C@@H](C(=O)NCC(=O)NCC(=O)NCC(=O)NC12CC(NC(=O)OC(C)(C)C)(C1)C2)N1C(=O)C=CC1=O. The second-order valence-electron chi connectivity index (χ2n) is 16.3. The molecule has 3 fully saturated rings. The van der Waals surface area contributed by atoms with Gasteiger partial charge in [-0.25, -0.2) is 4.79 Å². The highest BCUT2D eigenvalue weighted by atomic mass is 16.6. The van der Waals surface area contributed by atoms with E-state index in [0.29, 0.717) is 103 Å². The van der Waals surface area contributed by atoms with Crippen molar-refractivity contribution in [3.63, 3.8) is 0 Å². The van der Waals surface area contributed by atoms with E-state index in [1.165, 1.54) is 0 Å². The number of rotatable bonds is 36. The highest BCUT2D eigenvalue weighted by Crippen LogP contribution is 2.60. The Balaban J connectivity index is 1.17. The van der Waals surface area contributed by atoms with Gasteiger partial charge in [-0.15, -0.1) is 0 Å². The van der Waals surface area contributed by atoms with Crippen LogP contribution in [0.2, 0.25) is 0 Å². The van der Waals surface area contributed by atoms with Crippen molar-refractivity contribution in [1.29, 1.82) is 0 Å². The van der Waals surface area contributed by atoms with E-state index in [9.17, 15) is 38.4 Å². The molecule has 65 heavy (non-hydrogen) atoms. The Morgan fingerprint density at radius 2 is 0.954 bits per heavy atom. The average molecular weight is 930 g/mol. The van der Waals surface area contributed by atoms with Gasteiger partial charge >= 0.3 is 6.09 Å². The van der Waals surface area contributed by atoms with Crippen molar-refractivity contribution >= 4 is 47.4 Å². The van der Waals surface area contributed by atoms with Gasteiger partial charge in [0.1, 0.15) is 11.6 Å². The quantitative estimate of drug-likeness (QED) is 0.0274. The first-order chi connectivity index (χ1) is 31.1. The lowest BCUT2D eigenvalue weighted by Crippen LogP contribution is -2.84. The van der Waals surface area contributed by atoms with Gasteiger partial charge in [-0.1, -0.05) is 0 Å². The number of methoxy groups -OCH3 is 1. The first-order valence-electron chi connectivity index (χ1n) is 21.5. The molecule has 0 aromatic heterocycles. The molecule has 2 bridgehead atoms. The number of amides is 8. The Bertz CT molecular complexity index is 1570. The van der Waals surface area contributed by atoms with Crippen molar-refractivity contribution in [2.24, 2.45) is 0 Å². The number of hydrogen-bond acceptors (Lipinski definition) is 17. The lowest BCUT2D eigenvalue weighted by Gasteiger charge is -2.70. The van der Waals surface area contributed by atoms with Gasteiger partial charge in [0, 0.05) is 37.8 Å². The molecule has 0 aromatic rings. The fourth-order valence-corrected chi connectivity index (χ4v) is 6.73. The average Bonchev–Trinajstić information content (AvgIpc) is 3.56. The number of nitrogens with zero attached hydrogens (tertiary/aromatic N) is 1. The number of nitrogens with one attached hydrogen (secondary N) is 6. The topological polar surface area (TPSA) is 295 Å². The standard InChI is InChI=1S/C41H67N7O17/c1-39(2,3)65-38(56)47-41-27-40(28-41,29-41)46-34(52)26-44-32(50)24-43-33(51)25-45-37(55)30(48-35(53)5-6-36(48)54)23-42-31(49)7-8-58-11-12-60-15-16-62-19-20-64-22-21-63-18-17-61-14-13-59-10-9-57-4/h5-6,30H,7-29H2,1-4H3,(H,42,49)(H,43,51)(H,44,50)(H,45,55)(H,46,52)(H,47,56)/t30-,40?,41?/m0/s1. The number of ether oxygens (including phenoxy) is 9. The molecule has 3 aliphatic carbocycles. The zero-order chi connectivity index (χ0) is 47.6. The van der Waals surface area contributed by atoms with E-state index in [1.807, 2.05) is 0 Å². The van der Waals surface area contributed by atoms with Crippen LogP contribution in [0.3, 0.4) is 0 Å². The number of carbonyl (C=O) groups excluding carboxylic acids is 8. The third-order valence-corrected chi connectivity index (χ3v) is 9.60. The molecular formula is C41H67N7O17. The van der Waals surface area contributed by atoms with E-state index in [2.05, 4.69) is 31.9 Å². The summed E-state index contributed by atoms with van der Waals surface area (Å²) in [5.74, 6) is -4.88. The summed E-state index contributed by atoms with van der Waals surface area (Å²) < 4.78 is 48.0. The normalized spacial score (nSPS) is 18.9. The first kappa shape index (κ1) is 54.5. The maximum Gasteiger partial charge on any atom is 0.408 e. The van der Waals surface area contributed by atoms with E-state index in [4.69, 9.17) is 42.6 Å². The van der Waals surface area contributed by atoms with Crippen LogP contribution in [-0.2, 0) is 76.2 Å². The van der Waals surface area contributed by atoms with E-state index in [1.54, 1.807) is 27.9 Å². The lowest BCUT2D eigenvalue weighted by atomic mass is 9.44. The van der Waals surface area contributed by atoms with Crippen LogP contribution in [0.15, 0.2) is 12.2 Å². The summed E-state index contributed by atoms with van der Waals surface area (Å²) in [6.45, 7) is 9.25. The second kappa shape index (κ2) is 29.0. The number of carbonyl (C=O) groups is 8. The van der Waals surface area contributed by atoms with Crippen LogP contribution in [0.1, 0.15) is 46.5 Å². The molecule has 0 aromatic carbocycles. The highest BCUT2D eigenvalue weighted by molar-refractivity contribution is 6.15. The molecule has 4 aliphatic rings. The number of hydrogen-bond donors (Lipinski definition) is 6. The van der Waals surface area contributed by atoms with Gasteiger partial charge in [0.25, 0.3) is 11.8 Å². The summed E-state index contributed by atoms with van der Waals surface area (Å²) in [4.78, 5) is 100. The third kappa shape index (κ3) is 21.8. The smallest absolute Gasteiger partial charge is 0.408 e. The molecule has 24 nitrogen and oxygen atoms in total. The molecule has 6 N–H and O–H groups in total. The lowest BCUT2D eigenvalue weighted by molar-refractivity contribution is -0.146. The molecule has 3 saturated carbocycles. The van der Waals surface area contributed by atoms with E-state index < -0.39 is 89.8 Å². The minimum Gasteiger partial charge on any atom is -0.444 e. The fraction of sp³-hybridized carbons (Fsp3) is 0.756. The molecule has 1 aliphatic heterocycles. The maximum atomic E-state index is 13.1. The molecule has 0 saturated heterocycles. The van der Waals surface area contributed by atoms with Crippen LogP contribution in [0.4, 0.5) is 4.79 Å². The van der Waals surface area contributed by atoms with Crippen LogP contribution in [0, 0.1) is 0 Å². The van der Waals surface area contributed by atoms with Gasteiger partial charge < -0.3 is 74.5 Å². The van der Waals surface area contributed by atoms with Crippen molar-refractivity contribution in [2.45, 2.75) is 69.2 Å². The van der Waals surface area contributed by atoms with E-state index in [-0.39, 0.29) is 32.8 Å². The van der Waals surface area contributed by atoms with Gasteiger partial charge in [-0.05, 0) is 40.0 Å². The molecule has 4 rings (SSSR count). The maximum absolute atomic E-state index is 13.1. The van der Waals surface area contributed by atoms with Gasteiger partial charge in [-0.2, -0.15) is 0 Å². The van der Waals surface area contributed by atoms with Crippen molar-refractivity contribution in [1.82, 2.24) is 36.8 Å². The van der Waals surface area contributed by atoms with Gasteiger partial charge in [-0.3, -0.25) is 38.5 Å². The predicted molar refractivity (Wildman–Crippen MR) is 226 cm³/mol. The molecule has 24 heteroatoms. The van der Waals surface area contributed by atoms with Crippen LogP contribution in [-0.4, -0.2) is 207 Å². The summed E-state index contributed by atoms with van der Waals surface area (Å²) in [5, 5.41) is 15.2. The van der Waals surface area contributed by atoms with Crippen molar-refractivity contribution in [3.05, 3.63) is 12.2 Å². The Morgan fingerprint density at radius 1 is 0.554 bits per heavy atom. The number of imide groups is 1. The zero-order valence-electron chi connectivity index (χ0n) is 37.9. The molecule has 0 spiro atoms. The van der Waals surface area contributed by atoms with Crippen molar-refractivity contribution in [2.75, 3.05) is 132 Å². The van der Waals surface area contributed by atoms with Crippen LogP contribution in [0.5, 0.6) is 0 Å². The largest absolute Gasteiger partial charge is 0.444 e. The summed E-state index contributed by atoms with van der Waals surface area (Å²) in [6.07, 6.45) is 2.96. The third-order valence-electron chi connectivity index (χ3n) is 9.60. The van der Waals surface area contributed by atoms with Gasteiger partial charge in [0.2, 0.25) is 29.5 Å². The molecule has 0 unspecified atom stereocenters. The molecule has 368 valence electrons. The van der Waals surface area contributed by atoms with E-state index in [0.717, 1.165) is 12.2 Å². The Kier molecular flexibility index (Phi) is 24.3. The van der Waals surface area contributed by atoms with Crippen molar-refractivity contribution in [3.8, 4) is 0 Å². The zero-order valence-corrected chi connectivity index (χ0v) is 37.9. The van der Waals surface area contributed by atoms with Crippen LogP contribution >= 0.6 is 0 Å². The van der Waals surface area contributed by atoms with Gasteiger partial charge in [0.05, 0.1) is 124 Å². The van der Waals surface area contributed by atoms with Gasteiger partial charge in [0.15, 0.2) is 0 Å². The molecule has 1 heterocycles. The molecule has 8 amide bonds. The monoisotopic (exact) mass is 929 g/mol. The minimum atomic E-state index is -1.48. The Hall–Kier alpha value is -4.82. The van der Waals surface area contributed by atoms with Crippen molar-refractivity contribution < 1.29 is 81.0 Å². The molecule has 1 atom stereocenters. The summed E-state index contributed by atoms with van der Waals surface area (Å²) >= 11 is 0. The molecular weight excluding hydrogens is 862 g/mol. The Morgan fingerprint density at radius 3 is 1.40 bits per heavy atom. The Labute approximate surface area is 378 Å². The first-order valence-corrected chi connectivity index (χ1v) is 21.5. The van der Waals surface area contributed by atoms with Crippen LogP contribution in [0.25, 0.3) is 0 Å². The minimum absolute atomic E-state index is 0.0267. The second-order valence-corrected chi connectivity index (χ2v) is 16.3. The summed E-state index contributed by atoms with van der Waals surface area (Å²) in [6, 6.07) is -1.48. The summed E-state index contributed by atoms with van der Waals surface area (Å²) in [7, 11) is 1.62. The number of alkyl carbamates (subject to hydrolysis) is 1. The highest BCUT2D eigenvalue weighted by Gasteiger charge is 2.69. The summed E-state index contributed by atoms with van der Waals surface area (Å²) in [5.41, 5.74) is -1.51. The van der Waals surface area contributed by atoms with E-state index >= 15 is 0 Å². The molecule has 0 radical (unpaired) electrons. The van der Waals surface area contributed by atoms with Crippen LogP contribution < -0.4 is 31.9 Å². The predicted octanol–water partition coefficient (Wildman–Crippen LogP) is -2.79.